The summed E-state index contributed by atoms with van der Waals surface area (Å²) in [4.78, 5) is 110. The first-order chi connectivity index (χ1) is 25.0. The van der Waals surface area contributed by atoms with Crippen molar-refractivity contribution in [3.05, 3.63) is 75.8 Å². The second-order valence-electron chi connectivity index (χ2n) is 11.2. The molecule has 11 N–H and O–H groups in total. The predicted molar refractivity (Wildman–Crippen MR) is 190 cm³/mol. The Morgan fingerprint density at radius 3 is 1.77 bits per heavy atom. The van der Waals surface area contributed by atoms with Gasteiger partial charge in [0.05, 0.1) is 36.1 Å². The van der Waals surface area contributed by atoms with Crippen LogP contribution in [0.5, 0.6) is 0 Å². The van der Waals surface area contributed by atoms with Crippen molar-refractivity contribution in [1.82, 2.24) is 31.9 Å². The van der Waals surface area contributed by atoms with E-state index in [2.05, 4.69) is 31.9 Å². The van der Waals surface area contributed by atoms with Crippen molar-refractivity contribution in [1.29, 1.82) is 0 Å². The molecule has 0 spiro atoms. The van der Waals surface area contributed by atoms with E-state index in [9.17, 15) is 48.3 Å². The van der Waals surface area contributed by atoms with Gasteiger partial charge in [-0.15, -0.1) is 0 Å². The smallest absolute Gasteiger partial charge is 0.326 e. The minimum atomic E-state index is -1.61. The van der Waals surface area contributed by atoms with E-state index in [1.807, 2.05) is 0 Å². The summed E-state index contributed by atoms with van der Waals surface area (Å²) in [5, 5.41) is 23.4. The Labute approximate surface area is 312 Å². The maximum atomic E-state index is 12.8. The number of nitrogens with two attached hydrogens (primary N) is 2. The highest BCUT2D eigenvalue weighted by molar-refractivity contribution is 6.42. The van der Waals surface area contributed by atoms with Gasteiger partial charge in [-0.25, -0.2) is 4.79 Å². The average Bonchev–Trinajstić information content (AvgIpc) is 3.10. The topological polar surface area (TPSA) is 298 Å². The third-order valence-electron chi connectivity index (χ3n) is 6.94. The van der Waals surface area contributed by atoms with E-state index >= 15 is 0 Å². The minimum absolute atomic E-state index is 0.172. The first-order valence-corrected chi connectivity index (χ1v) is 16.5. The standard InChI is InChI=1S/C33H38Cl2N8O10/c34-20-8-6-19(12-21(20)35)13-24(33(52)53)43-30(49)17-40-32(51)23(14-26(37)45)42-29(48)16-39-31(50)22(9-10-25(36)44)41-28(47)15-38-27(46)11-7-18-4-2-1-3-5-18/h1-8,11-12,22-24H,9-10,13-17H2,(H2,36,44)(H2,37,45)(H,38,46)(H,39,50)(H,40,51)(H,41,47)(H,42,48)(H,43,49)(H,52,53)/b11-7+. The SMILES string of the molecule is NC(=O)CCC(NC(=O)CNC(=O)/C=C/c1ccccc1)C(=O)NCC(=O)NC(CC(N)=O)C(=O)NCC(=O)NC(Cc1ccc(Cl)c(Cl)c1)C(=O)O. The van der Waals surface area contributed by atoms with Gasteiger partial charge in [0.2, 0.25) is 47.3 Å². The van der Waals surface area contributed by atoms with E-state index in [0.29, 0.717) is 5.56 Å². The molecule has 0 saturated carbocycles. The third kappa shape index (κ3) is 17.2. The maximum absolute atomic E-state index is 12.8. The molecule has 2 rings (SSSR count). The summed E-state index contributed by atoms with van der Waals surface area (Å²) in [5.74, 6) is -8.45. The summed E-state index contributed by atoms with van der Waals surface area (Å²) in [7, 11) is 0. The molecule has 284 valence electrons. The highest BCUT2D eigenvalue weighted by atomic mass is 35.5. The molecule has 2 aromatic rings. The molecule has 3 atom stereocenters. The van der Waals surface area contributed by atoms with Crippen LogP contribution in [0.15, 0.2) is 54.6 Å². The average molecular weight is 778 g/mol. The summed E-state index contributed by atoms with van der Waals surface area (Å²) < 4.78 is 0. The van der Waals surface area contributed by atoms with Gasteiger partial charge in [-0.2, -0.15) is 0 Å². The molecule has 53 heavy (non-hydrogen) atoms. The second-order valence-corrected chi connectivity index (χ2v) is 12.0. The zero-order chi connectivity index (χ0) is 39.5. The van der Waals surface area contributed by atoms with Crippen molar-refractivity contribution in [2.45, 2.75) is 43.8 Å². The lowest BCUT2D eigenvalue weighted by Gasteiger charge is -2.20. The number of hydrogen-bond acceptors (Lipinski definition) is 9. The molecule has 0 radical (unpaired) electrons. The van der Waals surface area contributed by atoms with Crippen molar-refractivity contribution >= 4 is 82.5 Å². The van der Waals surface area contributed by atoms with Crippen molar-refractivity contribution in [2.75, 3.05) is 19.6 Å². The van der Waals surface area contributed by atoms with E-state index in [4.69, 9.17) is 34.7 Å². The monoisotopic (exact) mass is 776 g/mol. The van der Waals surface area contributed by atoms with E-state index < -0.39 is 97.4 Å². The summed E-state index contributed by atoms with van der Waals surface area (Å²) in [6.45, 7) is -2.06. The quantitative estimate of drug-likeness (QED) is 0.0646. The number of benzene rings is 2. The number of hydrogen-bond donors (Lipinski definition) is 9. The fourth-order valence-corrected chi connectivity index (χ4v) is 4.67. The number of carboxylic acid groups (broad SMARTS) is 1. The van der Waals surface area contributed by atoms with E-state index in [0.717, 1.165) is 5.56 Å². The Bertz CT molecular complexity index is 1720. The fourth-order valence-electron chi connectivity index (χ4n) is 4.35. The zero-order valence-electron chi connectivity index (χ0n) is 28.0. The molecule has 0 aliphatic carbocycles. The molecule has 18 nitrogen and oxygen atoms in total. The molecular formula is C33H38Cl2N8O10. The van der Waals surface area contributed by atoms with Gasteiger partial charge in [0, 0.05) is 18.9 Å². The van der Waals surface area contributed by atoms with Gasteiger partial charge in [-0.1, -0.05) is 59.6 Å². The van der Waals surface area contributed by atoms with Gasteiger partial charge in [0.1, 0.15) is 18.1 Å². The summed E-state index contributed by atoms with van der Waals surface area (Å²) in [6, 6.07) is 8.88. The Hall–Kier alpha value is -6.01. The number of carbonyl (C=O) groups is 9. The number of aliphatic carboxylic acids is 1. The molecule has 8 amide bonds. The van der Waals surface area contributed by atoms with Crippen LogP contribution >= 0.6 is 23.2 Å². The number of halogens is 2. The summed E-state index contributed by atoms with van der Waals surface area (Å²) >= 11 is 11.8. The molecule has 2 aromatic carbocycles. The van der Waals surface area contributed by atoms with Gasteiger partial charge >= 0.3 is 5.97 Å². The molecule has 0 aromatic heterocycles. The Kier molecular flexibility index (Phi) is 17.9. The number of nitrogens with one attached hydrogen (secondary N) is 6. The summed E-state index contributed by atoms with van der Waals surface area (Å²) in [5.41, 5.74) is 11.6. The molecule has 0 saturated heterocycles. The highest BCUT2D eigenvalue weighted by Crippen LogP contribution is 2.23. The lowest BCUT2D eigenvalue weighted by Crippen LogP contribution is -2.54. The number of amides is 8. The normalized spacial score (nSPS) is 12.3. The molecule has 0 heterocycles. The van der Waals surface area contributed by atoms with Crippen molar-refractivity contribution in [2.24, 2.45) is 11.5 Å². The van der Waals surface area contributed by atoms with Gasteiger partial charge in [-0.05, 0) is 35.8 Å². The van der Waals surface area contributed by atoms with Crippen LogP contribution in [-0.2, 0) is 49.6 Å². The molecular weight excluding hydrogens is 739 g/mol. The van der Waals surface area contributed by atoms with Crippen molar-refractivity contribution < 1.29 is 48.3 Å². The van der Waals surface area contributed by atoms with Crippen LogP contribution in [0.4, 0.5) is 0 Å². The van der Waals surface area contributed by atoms with Crippen LogP contribution in [0.2, 0.25) is 10.0 Å². The second kappa shape index (κ2) is 22.0. The van der Waals surface area contributed by atoms with Crippen LogP contribution in [0, 0.1) is 0 Å². The van der Waals surface area contributed by atoms with Crippen LogP contribution < -0.4 is 43.4 Å². The van der Waals surface area contributed by atoms with E-state index in [1.54, 1.807) is 30.3 Å². The number of carbonyl (C=O) groups excluding carboxylic acids is 8. The van der Waals surface area contributed by atoms with Gasteiger partial charge in [-0.3, -0.25) is 38.4 Å². The minimum Gasteiger partial charge on any atom is -0.480 e. The van der Waals surface area contributed by atoms with Crippen LogP contribution in [-0.4, -0.2) is 96.1 Å². The predicted octanol–water partition coefficient (Wildman–Crippen LogP) is -1.72. The Morgan fingerprint density at radius 1 is 0.679 bits per heavy atom. The highest BCUT2D eigenvalue weighted by Gasteiger charge is 2.27. The van der Waals surface area contributed by atoms with Crippen molar-refractivity contribution in [3.63, 3.8) is 0 Å². The van der Waals surface area contributed by atoms with Gasteiger partial charge < -0.3 is 48.5 Å². The lowest BCUT2D eigenvalue weighted by atomic mass is 10.1. The molecule has 20 heteroatoms. The first kappa shape index (κ1) is 43.2. The molecule has 0 aliphatic rings. The number of rotatable bonds is 21. The fraction of sp³-hybridized carbons (Fsp3) is 0.303. The van der Waals surface area contributed by atoms with Gasteiger partial charge in [0.15, 0.2) is 0 Å². The van der Waals surface area contributed by atoms with E-state index in [-0.39, 0.29) is 29.3 Å². The molecule has 0 bridgehead atoms. The maximum Gasteiger partial charge on any atom is 0.326 e. The summed E-state index contributed by atoms with van der Waals surface area (Å²) in [6.07, 6.45) is 1.25. The third-order valence-corrected chi connectivity index (χ3v) is 7.68. The molecule has 0 aliphatic heterocycles. The molecule has 0 fully saturated rings. The number of primary amides is 2. The van der Waals surface area contributed by atoms with Crippen LogP contribution in [0.3, 0.4) is 0 Å². The first-order valence-electron chi connectivity index (χ1n) is 15.7. The van der Waals surface area contributed by atoms with Gasteiger partial charge in [0.25, 0.3) is 0 Å². The Balaban J connectivity index is 1.92. The molecule has 3 unspecified atom stereocenters. The van der Waals surface area contributed by atoms with E-state index in [1.165, 1.54) is 30.4 Å². The number of carboxylic acids is 1. The largest absolute Gasteiger partial charge is 0.480 e. The van der Waals surface area contributed by atoms with Crippen LogP contribution in [0.25, 0.3) is 6.08 Å². The van der Waals surface area contributed by atoms with Crippen LogP contribution in [0.1, 0.15) is 30.4 Å². The lowest BCUT2D eigenvalue weighted by molar-refractivity contribution is -0.141. The van der Waals surface area contributed by atoms with Crippen molar-refractivity contribution in [3.8, 4) is 0 Å². The Morgan fingerprint density at radius 2 is 1.23 bits per heavy atom. The zero-order valence-corrected chi connectivity index (χ0v) is 29.5.